The average molecular weight is 202 g/mol. The van der Waals surface area contributed by atoms with E-state index >= 15 is 0 Å². The van der Waals surface area contributed by atoms with E-state index in [1.807, 2.05) is 0 Å². The van der Waals surface area contributed by atoms with Crippen molar-refractivity contribution in [3.63, 3.8) is 0 Å². The number of alkyl halides is 1. The van der Waals surface area contributed by atoms with Crippen LogP contribution in [0.3, 0.4) is 0 Å². The van der Waals surface area contributed by atoms with Gasteiger partial charge in [0.2, 0.25) is 0 Å². The van der Waals surface area contributed by atoms with E-state index in [1.165, 1.54) is 19.3 Å². The highest BCUT2D eigenvalue weighted by Crippen LogP contribution is 1.93. The van der Waals surface area contributed by atoms with Crippen molar-refractivity contribution >= 4 is 17.9 Å². The maximum Gasteiger partial charge on any atom is 0.166 e. The van der Waals surface area contributed by atoms with Crippen LogP contribution < -0.4 is 0 Å². The van der Waals surface area contributed by atoms with Crippen molar-refractivity contribution in [2.45, 2.75) is 26.2 Å². The lowest BCUT2D eigenvalue weighted by molar-refractivity contribution is 0.111. The first kappa shape index (κ1) is 12.2. The Kier molecular flexibility index (Phi) is 8.78. The number of carbonyl (C=O) groups is 1. The Labute approximate surface area is 84.3 Å². The smallest absolute Gasteiger partial charge is 0.166 e. The van der Waals surface area contributed by atoms with Crippen molar-refractivity contribution in [1.82, 2.24) is 4.98 Å². The number of nitrogens with one attached hydrogen (secondary N) is 1. The van der Waals surface area contributed by atoms with E-state index in [0.29, 0.717) is 5.69 Å². The summed E-state index contributed by atoms with van der Waals surface area (Å²) in [5.74, 6) is 0.827. The Hall–Kier alpha value is -0.760. The molecule has 0 aliphatic carbocycles. The number of rotatable bonds is 4. The van der Waals surface area contributed by atoms with Crippen LogP contribution in [-0.4, -0.2) is 17.2 Å². The van der Waals surface area contributed by atoms with Crippen molar-refractivity contribution in [2.75, 3.05) is 5.88 Å². The minimum Gasteiger partial charge on any atom is -0.359 e. The SMILES string of the molecule is CCCCCCl.O=Cc1ccc[nH]1. The van der Waals surface area contributed by atoms with Gasteiger partial charge >= 0.3 is 0 Å². The molecule has 1 aromatic rings. The summed E-state index contributed by atoms with van der Waals surface area (Å²) in [4.78, 5) is 12.6. The van der Waals surface area contributed by atoms with Crippen LogP contribution in [0.2, 0.25) is 0 Å². The number of carbonyl (C=O) groups excluding carboxylic acids is 1. The summed E-state index contributed by atoms with van der Waals surface area (Å²) in [6, 6.07) is 3.50. The van der Waals surface area contributed by atoms with Crippen LogP contribution in [0, 0.1) is 0 Å². The van der Waals surface area contributed by atoms with Crippen molar-refractivity contribution in [3.8, 4) is 0 Å². The van der Waals surface area contributed by atoms with E-state index in [2.05, 4.69) is 11.9 Å². The summed E-state index contributed by atoms with van der Waals surface area (Å²) in [5, 5.41) is 0. The van der Waals surface area contributed by atoms with Gasteiger partial charge < -0.3 is 4.98 Å². The Morgan fingerprint density at radius 2 is 2.31 bits per heavy atom. The maximum atomic E-state index is 9.84. The molecule has 0 unspecified atom stereocenters. The van der Waals surface area contributed by atoms with Gasteiger partial charge in [-0.1, -0.05) is 19.8 Å². The quantitative estimate of drug-likeness (QED) is 0.453. The first-order chi connectivity index (χ1) is 6.35. The van der Waals surface area contributed by atoms with Crippen LogP contribution in [0.15, 0.2) is 18.3 Å². The molecule has 0 saturated heterocycles. The van der Waals surface area contributed by atoms with Crippen LogP contribution in [0.5, 0.6) is 0 Å². The molecule has 2 nitrogen and oxygen atoms in total. The molecule has 0 saturated carbocycles. The van der Waals surface area contributed by atoms with Crippen LogP contribution in [0.25, 0.3) is 0 Å². The molecule has 0 aliphatic rings. The molecule has 0 radical (unpaired) electrons. The predicted molar refractivity (Wildman–Crippen MR) is 56.4 cm³/mol. The van der Waals surface area contributed by atoms with Gasteiger partial charge in [0.05, 0.1) is 5.69 Å². The van der Waals surface area contributed by atoms with Gasteiger partial charge in [-0.25, -0.2) is 0 Å². The van der Waals surface area contributed by atoms with Crippen molar-refractivity contribution in [2.24, 2.45) is 0 Å². The first-order valence-electron chi connectivity index (χ1n) is 4.49. The second-order valence-electron chi connectivity index (χ2n) is 2.64. The fourth-order valence-corrected chi connectivity index (χ4v) is 0.951. The molecular weight excluding hydrogens is 186 g/mol. The van der Waals surface area contributed by atoms with Gasteiger partial charge in [-0.3, -0.25) is 4.79 Å². The summed E-state index contributed by atoms with van der Waals surface area (Å²) < 4.78 is 0. The molecule has 0 bridgehead atoms. The average Bonchev–Trinajstić information content (AvgIpc) is 2.68. The molecule has 0 aliphatic heterocycles. The molecule has 0 atom stereocenters. The minimum absolute atomic E-state index is 0.625. The monoisotopic (exact) mass is 201 g/mol. The molecule has 0 spiro atoms. The number of aromatic amines is 1. The van der Waals surface area contributed by atoms with Gasteiger partial charge in [0, 0.05) is 12.1 Å². The highest BCUT2D eigenvalue weighted by atomic mass is 35.5. The topological polar surface area (TPSA) is 32.9 Å². The fourth-order valence-electron chi connectivity index (χ4n) is 0.762. The summed E-state index contributed by atoms with van der Waals surface area (Å²) in [6.07, 6.45) is 6.22. The van der Waals surface area contributed by atoms with Crippen LogP contribution >= 0.6 is 11.6 Å². The molecular formula is C10H16ClNO. The molecule has 3 heteroatoms. The van der Waals surface area contributed by atoms with Crippen LogP contribution in [0.4, 0.5) is 0 Å². The lowest BCUT2D eigenvalue weighted by atomic mass is 10.3. The van der Waals surface area contributed by atoms with Gasteiger partial charge in [-0.05, 0) is 18.6 Å². The van der Waals surface area contributed by atoms with Gasteiger partial charge in [-0.15, -0.1) is 11.6 Å². The van der Waals surface area contributed by atoms with E-state index in [0.717, 1.165) is 12.2 Å². The second kappa shape index (κ2) is 9.33. The van der Waals surface area contributed by atoms with E-state index in [9.17, 15) is 4.79 Å². The standard InChI is InChI=1S/C5H11Cl.C5H5NO/c1-2-3-4-5-6;7-4-5-2-1-3-6-5/h2-5H2,1H3;1-4,6H. The van der Waals surface area contributed by atoms with Crippen molar-refractivity contribution in [3.05, 3.63) is 24.0 Å². The lowest BCUT2D eigenvalue weighted by Gasteiger charge is -1.84. The van der Waals surface area contributed by atoms with Gasteiger partial charge in [0.15, 0.2) is 6.29 Å². The molecule has 0 aromatic carbocycles. The number of hydrogen-bond acceptors (Lipinski definition) is 1. The molecule has 0 amide bonds. The molecule has 1 rings (SSSR count). The summed E-state index contributed by atoms with van der Waals surface area (Å²) in [7, 11) is 0. The van der Waals surface area contributed by atoms with Gasteiger partial charge in [-0.2, -0.15) is 0 Å². The molecule has 1 aromatic heterocycles. The van der Waals surface area contributed by atoms with E-state index in [1.54, 1.807) is 18.3 Å². The molecule has 0 fully saturated rings. The Bertz CT molecular complexity index is 193. The van der Waals surface area contributed by atoms with Crippen LogP contribution in [0.1, 0.15) is 36.7 Å². The van der Waals surface area contributed by atoms with E-state index < -0.39 is 0 Å². The van der Waals surface area contributed by atoms with E-state index in [-0.39, 0.29) is 0 Å². The number of aromatic nitrogens is 1. The Balaban J connectivity index is 0.000000226. The minimum atomic E-state index is 0.625. The van der Waals surface area contributed by atoms with Crippen molar-refractivity contribution < 1.29 is 4.79 Å². The number of halogens is 1. The third-order valence-electron chi connectivity index (χ3n) is 1.49. The molecule has 13 heavy (non-hydrogen) atoms. The third-order valence-corrected chi connectivity index (χ3v) is 1.75. The van der Waals surface area contributed by atoms with E-state index in [4.69, 9.17) is 11.6 Å². The fraction of sp³-hybridized carbons (Fsp3) is 0.500. The molecule has 74 valence electrons. The lowest BCUT2D eigenvalue weighted by Crippen LogP contribution is -1.72. The molecule has 1 heterocycles. The normalized spacial score (nSPS) is 8.77. The van der Waals surface area contributed by atoms with Gasteiger partial charge in [0.1, 0.15) is 0 Å². The summed E-state index contributed by atoms with van der Waals surface area (Å²) in [6.45, 7) is 2.17. The largest absolute Gasteiger partial charge is 0.359 e. The number of hydrogen-bond donors (Lipinski definition) is 1. The Morgan fingerprint density at radius 1 is 1.54 bits per heavy atom. The maximum absolute atomic E-state index is 9.84. The Morgan fingerprint density at radius 3 is 2.54 bits per heavy atom. The zero-order chi connectivity index (χ0) is 9.94. The zero-order valence-electron chi connectivity index (χ0n) is 7.92. The number of aldehydes is 1. The number of unbranched alkanes of at least 4 members (excludes halogenated alkanes) is 2. The number of H-pyrrole nitrogens is 1. The predicted octanol–water partition coefficient (Wildman–Crippen LogP) is 3.24. The second-order valence-corrected chi connectivity index (χ2v) is 3.02. The van der Waals surface area contributed by atoms with Gasteiger partial charge in [0.25, 0.3) is 0 Å². The highest BCUT2D eigenvalue weighted by Gasteiger charge is 1.81. The van der Waals surface area contributed by atoms with Crippen LogP contribution in [-0.2, 0) is 0 Å². The third kappa shape index (κ3) is 7.60. The first-order valence-corrected chi connectivity index (χ1v) is 5.03. The summed E-state index contributed by atoms with van der Waals surface area (Å²) >= 11 is 5.38. The van der Waals surface area contributed by atoms with Crippen molar-refractivity contribution in [1.29, 1.82) is 0 Å². The highest BCUT2D eigenvalue weighted by molar-refractivity contribution is 6.17. The zero-order valence-corrected chi connectivity index (χ0v) is 8.68. The summed E-state index contributed by atoms with van der Waals surface area (Å²) in [5.41, 5.74) is 0.625. The molecule has 1 N–H and O–H groups in total.